The molecule has 2 rings (SSSR count). The number of rotatable bonds is 8. The van der Waals surface area contributed by atoms with Crippen LogP contribution in [0.3, 0.4) is 0 Å². The lowest BCUT2D eigenvalue weighted by Crippen LogP contribution is -2.18. The molecule has 0 unspecified atom stereocenters. The Morgan fingerprint density at radius 1 is 0.778 bits per heavy atom. The van der Waals surface area contributed by atoms with Crippen molar-refractivity contribution < 1.29 is 19.1 Å². The molecule has 8 heteroatoms. The van der Waals surface area contributed by atoms with Gasteiger partial charge in [0.25, 0.3) is 0 Å². The van der Waals surface area contributed by atoms with Gasteiger partial charge in [-0.1, -0.05) is 0 Å². The van der Waals surface area contributed by atoms with Gasteiger partial charge in [0.2, 0.25) is 17.7 Å². The number of thioether (sulfide) groups is 1. The van der Waals surface area contributed by atoms with Crippen LogP contribution >= 0.6 is 11.8 Å². The van der Waals surface area contributed by atoms with Crippen LogP contribution in [0.1, 0.15) is 6.92 Å². The van der Waals surface area contributed by atoms with Gasteiger partial charge in [-0.05, 0) is 48.5 Å². The molecule has 0 saturated carbocycles. The highest BCUT2D eigenvalue weighted by Gasteiger charge is 2.07. The molecule has 0 radical (unpaired) electrons. The lowest BCUT2D eigenvalue weighted by atomic mass is 10.3. The first-order chi connectivity index (χ1) is 13.0. The van der Waals surface area contributed by atoms with E-state index in [0.29, 0.717) is 22.8 Å². The van der Waals surface area contributed by atoms with Crippen LogP contribution in [0, 0.1) is 0 Å². The molecule has 0 spiro atoms. The lowest BCUT2D eigenvalue weighted by Gasteiger charge is -2.08. The van der Waals surface area contributed by atoms with Crippen molar-refractivity contribution >= 4 is 46.5 Å². The van der Waals surface area contributed by atoms with Crippen molar-refractivity contribution in [2.45, 2.75) is 6.92 Å². The quantitative estimate of drug-likeness (QED) is 0.647. The van der Waals surface area contributed by atoms with E-state index in [1.807, 2.05) is 0 Å². The predicted molar refractivity (Wildman–Crippen MR) is 108 cm³/mol. The van der Waals surface area contributed by atoms with Crippen LogP contribution in [0.4, 0.5) is 17.1 Å². The number of hydrogen-bond donors (Lipinski definition) is 3. The van der Waals surface area contributed by atoms with Gasteiger partial charge in [-0.25, -0.2) is 0 Å². The predicted octanol–water partition coefficient (Wildman–Crippen LogP) is 2.96. The normalized spacial score (nSPS) is 10.0. The van der Waals surface area contributed by atoms with Crippen LogP contribution in [-0.2, 0) is 14.4 Å². The fourth-order valence-corrected chi connectivity index (χ4v) is 2.76. The molecule has 0 fully saturated rings. The summed E-state index contributed by atoms with van der Waals surface area (Å²) in [4.78, 5) is 34.8. The molecule has 2 aromatic rings. The Bertz CT molecular complexity index is 792. The van der Waals surface area contributed by atoms with E-state index in [-0.39, 0.29) is 29.2 Å². The summed E-state index contributed by atoms with van der Waals surface area (Å²) in [6.45, 7) is 1.43. The molecule has 0 saturated heterocycles. The molecular weight excluding hydrogens is 366 g/mol. The van der Waals surface area contributed by atoms with E-state index >= 15 is 0 Å². The Morgan fingerprint density at radius 2 is 1.19 bits per heavy atom. The van der Waals surface area contributed by atoms with Crippen LogP contribution < -0.4 is 20.7 Å². The van der Waals surface area contributed by atoms with E-state index in [0.717, 1.165) is 0 Å². The summed E-state index contributed by atoms with van der Waals surface area (Å²) in [5, 5.41) is 8.15. The highest BCUT2D eigenvalue weighted by atomic mass is 32.2. The second-order valence-electron chi connectivity index (χ2n) is 5.58. The Hall–Kier alpha value is -3.00. The fraction of sp³-hybridized carbons (Fsp3) is 0.211. The molecule has 27 heavy (non-hydrogen) atoms. The number of carbonyl (C=O) groups excluding carboxylic acids is 3. The van der Waals surface area contributed by atoms with Crippen molar-refractivity contribution in [3.8, 4) is 5.75 Å². The first kappa shape index (κ1) is 20.3. The third-order valence-corrected chi connectivity index (χ3v) is 4.26. The number of benzene rings is 2. The van der Waals surface area contributed by atoms with Crippen molar-refractivity contribution in [3.63, 3.8) is 0 Å². The molecule has 7 nitrogen and oxygen atoms in total. The van der Waals surface area contributed by atoms with Gasteiger partial charge < -0.3 is 20.7 Å². The number of methoxy groups -OCH3 is 1. The van der Waals surface area contributed by atoms with Gasteiger partial charge in [-0.2, -0.15) is 0 Å². The molecule has 0 atom stereocenters. The summed E-state index contributed by atoms with van der Waals surface area (Å²) in [6, 6.07) is 13.8. The van der Waals surface area contributed by atoms with Gasteiger partial charge in [0.15, 0.2) is 0 Å². The van der Waals surface area contributed by atoms with E-state index < -0.39 is 0 Å². The van der Waals surface area contributed by atoms with Gasteiger partial charge in [0.05, 0.1) is 18.6 Å². The summed E-state index contributed by atoms with van der Waals surface area (Å²) < 4.78 is 5.06. The van der Waals surface area contributed by atoms with Crippen molar-refractivity contribution in [3.05, 3.63) is 48.5 Å². The average Bonchev–Trinajstić information content (AvgIpc) is 2.63. The number of hydrogen-bond acceptors (Lipinski definition) is 5. The van der Waals surface area contributed by atoms with Gasteiger partial charge in [0.1, 0.15) is 5.75 Å². The van der Waals surface area contributed by atoms with Gasteiger partial charge in [-0.15, -0.1) is 11.8 Å². The second kappa shape index (κ2) is 10.2. The maximum atomic E-state index is 11.9. The summed E-state index contributed by atoms with van der Waals surface area (Å²) in [6.07, 6.45) is 0. The number of nitrogens with one attached hydrogen (secondary N) is 3. The highest BCUT2D eigenvalue weighted by molar-refractivity contribution is 8.00. The molecule has 3 amide bonds. The second-order valence-corrected chi connectivity index (χ2v) is 6.56. The number of amides is 3. The van der Waals surface area contributed by atoms with E-state index in [4.69, 9.17) is 4.74 Å². The molecule has 0 aromatic heterocycles. The van der Waals surface area contributed by atoms with Gasteiger partial charge >= 0.3 is 0 Å². The Kier molecular flexibility index (Phi) is 7.69. The fourth-order valence-electron chi connectivity index (χ4n) is 2.15. The molecular formula is C19H21N3O4S. The Labute approximate surface area is 161 Å². The lowest BCUT2D eigenvalue weighted by molar-refractivity contribution is -0.115. The van der Waals surface area contributed by atoms with Crippen molar-refractivity contribution in [1.82, 2.24) is 0 Å². The molecule has 3 N–H and O–H groups in total. The van der Waals surface area contributed by atoms with E-state index in [1.165, 1.54) is 18.7 Å². The van der Waals surface area contributed by atoms with Crippen LogP contribution in [0.5, 0.6) is 5.75 Å². The van der Waals surface area contributed by atoms with Crippen LogP contribution in [0.15, 0.2) is 48.5 Å². The topological polar surface area (TPSA) is 96.5 Å². The molecule has 2 aromatic carbocycles. The minimum atomic E-state index is -0.204. The smallest absolute Gasteiger partial charge is 0.234 e. The number of anilines is 3. The van der Waals surface area contributed by atoms with Crippen LogP contribution in [0.25, 0.3) is 0 Å². The number of ether oxygens (including phenoxy) is 1. The first-order valence-electron chi connectivity index (χ1n) is 8.15. The summed E-state index contributed by atoms with van der Waals surface area (Å²) in [7, 11) is 1.58. The highest BCUT2D eigenvalue weighted by Crippen LogP contribution is 2.16. The summed E-state index contributed by atoms with van der Waals surface area (Å²) in [5.74, 6) is 0.493. The summed E-state index contributed by atoms with van der Waals surface area (Å²) in [5.41, 5.74) is 1.95. The van der Waals surface area contributed by atoms with Crippen LogP contribution in [-0.4, -0.2) is 36.3 Å². The molecule has 0 aliphatic carbocycles. The standard InChI is InChI=1S/C19H21N3O4S/c1-13(23)20-14-3-5-15(6-4-14)21-18(24)11-27-12-19(25)22-16-7-9-17(26-2)10-8-16/h3-10H,11-12H2,1-2H3,(H,20,23)(H,21,24)(H,22,25). The Balaban J connectivity index is 1.70. The zero-order chi connectivity index (χ0) is 19.6. The monoisotopic (exact) mass is 387 g/mol. The van der Waals surface area contributed by atoms with E-state index in [2.05, 4.69) is 16.0 Å². The van der Waals surface area contributed by atoms with Crippen molar-refractivity contribution in [2.75, 3.05) is 34.6 Å². The largest absolute Gasteiger partial charge is 0.497 e. The summed E-state index contributed by atoms with van der Waals surface area (Å²) >= 11 is 1.22. The van der Waals surface area contributed by atoms with E-state index in [1.54, 1.807) is 55.6 Å². The minimum Gasteiger partial charge on any atom is -0.497 e. The number of carbonyl (C=O) groups is 3. The zero-order valence-electron chi connectivity index (χ0n) is 15.1. The third-order valence-electron chi connectivity index (χ3n) is 3.33. The maximum absolute atomic E-state index is 11.9. The molecule has 0 aliphatic heterocycles. The third kappa shape index (κ3) is 7.41. The molecule has 142 valence electrons. The van der Waals surface area contributed by atoms with Gasteiger partial charge in [0, 0.05) is 24.0 Å². The SMILES string of the molecule is COc1ccc(NC(=O)CSCC(=O)Nc2ccc(NC(C)=O)cc2)cc1. The Morgan fingerprint density at radius 3 is 1.59 bits per heavy atom. The van der Waals surface area contributed by atoms with Crippen molar-refractivity contribution in [2.24, 2.45) is 0 Å². The van der Waals surface area contributed by atoms with Crippen molar-refractivity contribution in [1.29, 1.82) is 0 Å². The van der Waals surface area contributed by atoms with Crippen LogP contribution in [0.2, 0.25) is 0 Å². The first-order valence-corrected chi connectivity index (χ1v) is 9.31. The maximum Gasteiger partial charge on any atom is 0.234 e. The van der Waals surface area contributed by atoms with Gasteiger partial charge in [-0.3, -0.25) is 14.4 Å². The van der Waals surface area contributed by atoms with E-state index in [9.17, 15) is 14.4 Å². The molecule has 0 aliphatic rings. The zero-order valence-corrected chi connectivity index (χ0v) is 15.9. The molecule has 0 bridgehead atoms. The molecule has 0 heterocycles. The minimum absolute atomic E-state index is 0.156. The average molecular weight is 387 g/mol.